The van der Waals surface area contributed by atoms with Gasteiger partial charge in [-0.1, -0.05) is 19.8 Å². The van der Waals surface area contributed by atoms with E-state index in [0.29, 0.717) is 0 Å². The molecule has 16 heavy (non-hydrogen) atoms. The number of hydrogen-bond donors (Lipinski definition) is 1. The molecule has 1 aliphatic carbocycles. The van der Waals surface area contributed by atoms with Gasteiger partial charge in [-0.05, 0) is 44.6 Å². The molecule has 2 nitrogen and oxygen atoms in total. The second-order valence-corrected chi connectivity index (χ2v) is 6.09. The highest BCUT2D eigenvalue weighted by Crippen LogP contribution is 2.34. The number of fused-ring (bicyclic) bond motifs is 2. The Labute approximate surface area is 99.8 Å². The summed E-state index contributed by atoms with van der Waals surface area (Å²) in [7, 11) is 0. The van der Waals surface area contributed by atoms with Gasteiger partial charge in [0.2, 0.25) is 0 Å². The first kappa shape index (κ1) is 11.0. The van der Waals surface area contributed by atoms with Crippen molar-refractivity contribution in [2.24, 2.45) is 5.92 Å². The molecule has 4 unspecified atom stereocenters. The fourth-order valence-electron chi connectivity index (χ4n) is 4.25. The van der Waals surface area contributed by atoms with Crippen molar-refractivity contribution >= 4 is 0 Å². The number of hydrogen-bond acceptors (Lipinski definition) is 2. The number of nitrogens with zero attached hydrogens (tertiary/aromatic N) is 1. The van der Waals surface area contributed by atoms with Gasteiger partial charge >= 0.3 is 0 Å². The van der Waals surface area contributed by atoms with Gasteiger partial charge in [0.1, 0.15) is 0 Å². The van der Waals surface area contributed by atoms with Crippen LogP contribution in [0.15, 0.2) is 0 Å². The summed E-state index contributed by atoms with van der Waals surface area (Å²) in [6.45, 7) is 5.07. The van der Waals surface area contributed by atoms with E-state index in [2.05, 4.69) is 17.1 Å². The Balaban J connectivity index is 1.65. The van der Waals surface area contributed by atoms with Crippen molar-refractivity contribution in [3.8, 4) is 0 Å². The Morgan fingerprint density at radius 3 is 2.81 bits per heavy atom. The summed E-state index contributed by atoms with van der Waals surface area (Å²) in [6.07, 6.45) is 10.1. The van der Waals surface area contributed by atoms with Crippen molar-refractivity contribution in [2.45, 2.75) is 70.0 Å². The average Bonchev–Trinajstić information content (AvgIpc) is 2.85. The lowest BCUT2D eigenvalue weighted by Gasteiger charge is -2.33. The van der Waals surface area contributed by atoms with Gasteiger partial charge in [-0.3, -0.25) is 4.90 Å². The molecule has 0 aromatic rings. The average molecular weight is 222 g/mol. The molecule has 4 atom stereocenters. The minimum absolute atomic E-state index is 0.811. The third-order valence-electron chi connectivity index (χ3n) is 5.17. The number of likely N-dealkylation sites (tertiary alicyclic amines) is 1. The molecule has 0 amide bonds. The van der Waals surface area contributed by atoms with E-state index >= 15 is 0 Å². The van der Waals surface area contributed by atoms with E-state index in [4.69, 9.17) is 0 Å². The first-order valence-corrected chi connectivity index (χ1v) is 7.37. The monoisotopic (exact) mass is 222 g/mol. The maximum Gasteiger partial charge on any atom is 0.0198 e. The lowest BCUT2D eigenvalue weighted by molar-refractivity contribution is 0.150. The van der Waals surface area contributed by atoms with Crippen molar-refractivity contribution in [1.29, 1.82) is 0 Å². The molecule has 2 heteroatoms. The molecule has 3 fully saturated rings. The standard InChI is InChI=1S/C14H26N2/c1-2-11-4-3-5-14(11)16-9-8-12-6-7-13(10-16)15-12/h11-15H,2-10H2,1H3. The molecule has 0 aromatic heterocycles. The molecule has 92 valence electrons. The fraction of sp³-hybridized carbons (Fsp3) is 1.00. The van der Waals surface area contributed by atoms with Gasteiger partial charge in [0.05, 0.1) is 0 Å². The first-order chi connectivity index (χ1) is 7.86. The van der Waals surface area contributed by atoms with Crippen LogP contribution in [0.1, 0.15) is 51.9 Å². The van der Waals surface area contributed by atoms with Crippen molar-refractivity contribution < 1.29 is 0 Å². The molecule has 2 heterocycles. The van der Waals surface area contributed by atoms with Crippen molar-refractivity contribution in [3.05, 3.63) is 0 Å². The van der Waals surface area contributed by atoms with Crippen molar-refractivity contribution in [2.75, 3.05) is 13.1 Å². The van der Waals surface area contributed by atoms with E-state index in [1.165, 1.54) is 58.0 Å². The van der Waals surface area contributed by atoms with Gasteiger partial charge < -0.3 is 5.32 Å². The van der Waals surface area contributed by atoms with Gasteiger partial charge in [-0.15, -0.1) is 0 Å². The van der Waals surface area contributed by atoms with Crippen LogP contribution in [0, 0.1) is 5.92 Å². The largest absolute Gasteiger partial charge is 0.310 e. The fourth-order valence-corrected chi connectivity index (χ4v) is 4.25. The normalized spacial score (nSPS) is 44.8. The van der Waals surface area contributed by atoms with Gasteiger partial charge in [-0.25, -0.2) is 0 Å². The lowest BCUT2D eigenvalue weighted by Crippen LogP contribution is -2.43. The highest BCUT2D eigenvalue weighted by Gasteiger charge is 2.36. The Morgan fingerprint density at radius 1 is 1.06 bits per heavy atom. The van der Waals surface area contributed by atoms with Gasteiger partial charge in [0, 0.05) is 24.7 Å². The molecule has 2 bridgehead atoms. The molecule has 1 saturated carbocycles. The summed E-state index contributed by atoms with van der Waals surface area (Å²) in [5.74, 6) is 0.997. The van der Waals surface area contributed by atoms with Crippen LogP contribution < -0.4 is 5.32 Å². The van der Waals surface area contributed by atoms with E-state index in [0.717, 1.165) is 24.0 Å². The third-order valence-corrected chi connectivity index (χ3v) is 5.17. The molecule has 2 aliphatic heterocycles. The van der Waals surface area contributed by atoms with Crippen LogP contribution in [0.5, 0.6) is 0 Å². The zero-order valence-electron chi connectivity index (χ0n) is 10.6. The Morgan fingerprint density at radius 2 is 1.94 bits per heavy atom. The minimum atomic E-state index is 0.811. The quantitative estimate of drug-likeness (QED) is 0.772. The predicted molar refractivity (Wildman–Crippen MR) is 67.6 cm³/mol. The van der Waals surface area contributed by atoms with Crippen LogP contribution in [0.2, 0.25) is 0 Å². The lowest BCUT2D eigenvalue weighted by atomic mass is 9.97. The van der Waals surface area contributed by atoms with Crippen LogP contribution in [0.3, 0.4) is 0 Å². The molecular formula is C14H26N2. The SMILES string of the molecule is CCC1CCCC1N1CCC2CCC(C1)N2. The van der Waals surface area contributed by atoms with Crippen LogP contribution in [-0.2, 0) is 0 Å². The van der Waals surface area contributed by atoms with E-state index in [1.807, 2.05) is 0 Å². The molecule has 0 aromatic carbocycles. The van der Waals surface area contributed by atoms with E-state index in [1.54, 1.807) is 0 Å². The summed E-state index contributed by atoms with van der Waals surface area (Å²) < 4.78 is 0. The third kappa shape index (κ3) is 2.02. The topological polar surface area (TPSA) is 15.3 Å². The van der Waals surface area contributed by atoms with E-state index in [-0.39, 0.29) is 0 Å². The summed E-state index contributed by atoms with van der Waals surface area (Å²) in [4.78, 5) is 2.83. The minimum Gasteiger partial charge on any atom is -0.310 e. The van der Waals surface area contributed by atoms with E-state index < -0.39 is 0 Å². The van der Waals surface area contributed by atoms with Crippen LogP contribution >= 0.6 is 0 Å². The Bertz CT molecular complexity index is 241. The van der Waals surface area contributed by atoms with Crippen molar-refractivity contribution in [3.63, 3.8) is 0 Å². The maximum absolute atomic E-state index is 3.80. The highest BCUT2D eigenvalue weighted by atomic mass is 15.2. The molecule has 3 rings (SSSR count). The first-order valence-electron chi connectivity index (χ1n) is 7.37. The summed E-state index contributed by atoms with van der Waals surface area (Å²) in [5.41, 5.74) is 0. The Hall–Kier alpha value is -0.0800. The summed E-state index contributed by atoms with van der Waals surface area (Å²) in [6, 6.07) is 2.58. The zero-order valence-corrected chi connectivity index (χ0v) is 10.6. The van der Waals surface area contributed by atoms with Crippen LogP contribution in [0.4, 0.5) is 0 Å². The molecule has 1 N–H and O–H groups in total. The molecule has 0 radical (unpaired) electrons. The van der Waals surface area contributed by atoms with Crippen LogP contribution in [-0.4, -0.2) is 36.1 Å². The number of rotatable bonds is 2. The molecular weight excluding hydrogens is 196 g/mol. The van der Waals surface area contributed by atoms with Gasteiger partial charge in [0.25, 0.3) is 0 Å². The smallest absolute Gasteiger partial charge is 0.0198 e. The number of nitrogens with one attached hydrogen (secondary N) is 1. The summed E-state index contributed by atoms with van der Waals surface area (Å²) >= 11 is 0. The van der Waals surface area contributed by atoms with Gasteiger partial charge in [-0.2, -0.15) is 0 Å². The van der Waals surface area contributed by atoms with Crippen molar-refractivity contribution in [1.82, 2.24) is 10.2 Å². The Kier molecular flexibility index (Phi) is 3.21. The molecule has 3 aliphatic rings. The molecule has 2 saturated heterocycles. The predicted octanol–water partition coefficient (Wildman–Crippen LogP) is 2.39. The van der Waals surface area contributed by atoms with Gasteiger partial charge in [0.15, 0.2) is 0 Å². The second kappa shape index (κ2) is 4.66. The molecule has 0 spiro atoms. The van der Waals surface area contributed by atoms with Crippen LogP contribution in [0.25, 0.3) is 0 Å². The van der Waals surface area contributed by atoms with E-state index in [9.17, 15) is 0 Å². The second-order valence-electron chi connectivity index (χ2n) is 6.09. The zero-order chi connectivity index (χ0) is 11.0. The highest BCUT2D eigenvalue weighted by molar-refractivity contribution is 4.94. The maximum atomic E-state index is 3.80. The summed E-state index contributed by atoms with van der Waals surface area (Å²) in [5, 5.41) is 3.80.